The predicted molar refractivity (Wildman–Crippen MR) is 99.3 cm³/mol. The number of nitrogens with zero attached hydrogens (tertiary/aromatic N) is 4. The van der Waals surface area contributed by atoms with Crippen LogP contribution in [0.5, 0.6) is 0 Å². The molecule has 2 aromatic rings. The highest BCUT2D eigenvalue weighted by atomic mass is 16.5. The molecule has 3 rings (SSSR count). The van der Waals surface area contributed by atoms with E-state index >= 15 is 0 Å². The standard InChI is InChI=1S/C19H27N5O2/c1-23(2)13-10-20-19(25)16-8-11-24(12-9-16)14-17-21-18(22-26-17)15-6-4-3-5-7-15/h3-7,16H,8-14H2,1-2H3,(H,20,25). The number of likely N-dealkylation sites (tertiary alicyclic amines) is 1. The zero-order valence-electron chi connectivity index (χ0n) is 15.5. The Morgan fingerprint density at radius 3 is 2.69 bits per heavy atom. The number of piperidine rings is 1. The predicted octanol–water partition coefficient (Wildman–Crippen LogP) is 1.63. The van der Waals surface area contributed by atoms with Crippen LogP contribution in [-0.2, 0) is 11.3 Å². The molecule has 1 aliphatic rings. The van der Waals surface area contributed by atoms with Crippen molar-refractivity contribution in [3.05, 3.63) is 36.2 Å². The first-order valence-corrected chi connectivity index (χ1v) is 9.14. The van der Waals surface area contributed by atoms with E-state index in [2.05, 4.69) is 25.3 Å². The molecule has 0 unspecified atom stereocenters. The molecule has 0 spiro atoms. The van der Waals surface area contributed by atoms with Gasteiger partial charge < -0.3 is 14.7 Å². The molecule has 26 heavy (non-hydrogen) atoms. The molecule has 0 radical (unpaired) electrons. The van der Waals surface area contributed by atoms with Crippen LogP contribution in [0.3, 0.4) is 0 Å². The van der Waals surface area contributed by atoms with Crippen LogP contribution in [0.1, 0.15) is 18.7 Å². The van der Waals surface area contributed by atoms with Gasteiger partial charge in [0.05, 0.1) is 6.54 Å². The second-order valence-electron chi connectivity index (χ2n) is 7.02. The van der Waals surface area contributed by atoms with Crippen molar-refractivity contribution in [2.45, 2.75) is 19.4 Å². The molecular formula is C19H27N5O2. The number of nitrogens with one attached hydrogen (secondary N) is 1. The van der Waals surface area contributed by atoms with E-state index in [9.17, 15) is 4.79 Å². The first-order chi connectivity index (χ1) is 12.6. The maximum absolute atomic E-state index is 12.2. The van der Waals surface area contributed by atoms with Gasteiger partial charge in [-0.3, -0.25) is 9.69 Å². The highest BCUT2D eigenvalue weighted by molar-refractivity contribution is 5.78. The molecule has 1 aromatic heterocycles. The molecule has 1 fully saturated rings. The van der Waals surface area contributed by atoms with Gasteiger partial charge in [-0.2, -0.15) is 4.98 Å². The lowest BCUT2D eigenvalue weighted by Crippen LogP contribution is -2.41. The zero-order valence-corrected chi connectivity index (χ0v) is 15.5. The van der Waals surface area contributed by atoms with Crippen molar-refractivity contribution in [2.75, 3.05) is 40.3 Å². The van der Waals surface area contributed by atoms with Gasteiger partial charge in [0.1, 0.15) is 0 Å². The fraction of sp³-hybridized carbons (Fsp3) is 0.526. The summed E-state index contributed by atoms with van der Waals surface area (Å²) in [6.45, 7) is 3.94. The Labute approximate surface area is 154 Å². The summed E-state index contributed by atoms with van der Waals surface area (Å²) < 4.78 is 5.38. The summed E-state index contributed by atoms with van der Waals surface area (Å²) in [6.07, 6.45) is 1.74. The van der Waals surface area contributed by atoms with Crippen molar-refractivity contribution in [3.8, 4) is 11.4 Å². The Kier molecular flexibility index (Phi) is 6.35. The number of hydrogen-bond donors (Lipinski definition) is 1. The molecule has 1 aliphatic heterocycles. The average Bonchev–Trinajstić information content (AvgIpc) is 3.11. The van der Waals surface area contributed by atoms with E-state index in [0.29, 0.717) is 24.8 Å². The Balaban J connectivity index is 1.44. The van der Waals surface area contributed by atoms with E-state index in [4.69, 9.17) is 4.52 Å². The van der Waals surface area contributed by atoms with Crippen LogP contribution in [0.25, 0.3) is 11.4 Å². The average molecular weight is 357 g/mol. The molecule has 1 N–H and O–H groups in total. The molecule has 0 aliphatic carbocycles. The van der Waals surface area contributed by atoms with E-state index in [1.807, 2.05) is 44.4 Å². The van der Waals surface area contributed by atoms with Crippen LogP contribution in [-0.4, -0.2) is 66.1 Å². The van der Waals surface area contributed by atoms with Crippen LogP contribution in [0.2, 0.25) is 0 Å². The van der Waals surface area contributed by atoms with Crippen LogP contribution in [0.4, 0.5) is 0 Å². The topological polar surface area (TPSA) is 74.5 Å². The van der Waals surface area contributed by atoms with Crippen LogP contribution in [0.15, 0.2) is 34.9 Å². The first-order valence-electron chi connectivity index (χ1n) is 9.14. The third-order valence-electron chi connectivity index (χ3n) is 4.68. The second kappa shape index (κ2) is 8.91. The number of aromatic nitrogens is 2. The zero-order chi connectivity index (χ0) is 18.4. The Hall–Kier alpha value is -2.25. The summed E-state index contributed by atoms with van der Waals surface area (Å²) in [6, 6.07) is 9.81. The highest BCUT2D eigenvalue weighted by Crippen LogP contribution is 2.20. The SMILES string of the molecule is CN(C)CCNC(=O)C1CCN(Cc2nc(-c3ccccc3)no2)CC1. The van der Waals surface area contributed by atoms with Crippen molar-refractivity contribution in [1.82, 2.24) is 25.3 Å². The number of carbonyl (C=O) groups excluding carboxylic acids is 1. The fourth-order valence-corrected chi connectivity index (χ4v) is 3.12. The summed E-state index contributed by atoms with van der Waals surface area (Å²) in [7, 11) is 4.01. The minimum atomic E-state index is 0.107. The van der Waals surface area contributed by atoms with Gasteiger partial charge in [0.2, 0.25) is 17.6 Å². The molecule has 2 heterocycles. The number of likely N-dealkylation sites (N-methyl/N-ethyl adjacent to an activating group) is 1. The van der Waals surface area contributed by atoms with Crippen molar-refractivity contribution in [3.63, 3.8) is 0 Å². The largest absolute Gasteiger partial charge is 0.355 e. The first kappa shape index (κ1) is 18.5. The maximum Gasteiger partial charge on any atom is 0.241 e. The van der Waals surface area contributed by atoms with E-state index in [1.165, 1.54) is 0 Å². The van der Waals surface area contributed by atoms with Gasteiger partial charge in [0, 0.05) is 24.6 Å². The smallest absolute Gasteiger partial charge is 0.241 e. The van der Waals surface area contributed by atoms with E-state index < -0.39 is 0 Å². The third-order valence-corrected chi connectivity index (χ3v) is 4.68. The minimum Gasteiger partial charge on any atom is -0.355 e. The van der Waals surface area contributed by atoms with Crippen molar-refractivity contribution in [1.29, 1.82) is 0 Å². The molecule has 7 heteroatoms. The molecule has 0 atom stereocenters. The summed E-state index contributed by atoms with van der Waals surface area (Å²) in [5.41, 5.74) is 0.954. The Morgan fingerprint density at radius 2 is 2.00 bits per heavy atom. The van der Waals surface area contributed by atoms with Gasteiger partial charge in [0.25, 0.3) is 0 Å². The van der Waals surface area contributed by atoms with Crippen LogP contribution in [0, 0.1) is 5.92 Å². The maximum atomic E-state index is 12.2. The molecule has 1 saturated heterocycles. The number of carbonyl (C=O) groups is 1. The van der Waals surface area contributed by atoms with Gasteiger partial charge in [-0.15, -0.1) is 0 Å². The third kappa shape index (κ3) is 5.12. The number of amides is 1. The quantitative estimate of drug-likeness (QED) is 0.812. The highest BCUT2D eigenvalue weighted by Gasteiger charge is 2.25. The van der Waals surface area contributed by atoms with Crippen LogP contribution >= 0.6 is 0 Å². The lowest BCUT2D eigenvalue weighted by molar-refractivity contribution is -0.126. The fourth-order valence-electron chi connectivity index (χ4n) is 3.12. The Bertz CT molecular complexity index is 693. The van der Waals surface area contributed by atoms with Gasteiger partial charge in [0.15, 0.2) is 0 Å². The molecule has 1 aromatic carbocycles. The lowest BCUT2D eigenvalue weighted by atomic mass is 9.96. The summed E-state index contributed by atoms with van der Waals surface area (Å²) in [5, 5.41) is 7.09. The van der Waals surface area contributed by atoms with E-state index in [-0.39, 0.29) is 11.8 Å². The summed E-state index contributed by atoms with van der Waals surface area (Å²) in [5.74, 6) is 1.53. The van der Waals surface area contributed by atoms with E-state index in [1.54, 1.807) is 0 Å². The minimum absolute atomic E-state index is 0.107. The van der Waals surface area contributed by atoms with Crippen molar-refractivity contribution >= 4 is 5.91 Å². The molecule has 1 amide bonds. The molecule has 140 valence electrons. The van der Waals surface area contributed by atoms with Gasteiger partial charge >= 0.3 is 0 Å². The number of hydrogen-bond acceptors (Lipinski definition) is 6. The molecule has 0 bridgehead atoms. The van der Waals surface area contributed by atoms with Gasteiger partial charge in [-0.25, -0.2) is 0 Å². The van der Waals surface area contributed by atoms with Crippen LogP contribution < -0.4 is 5.32 Å². The Morgan fingerprint density at radius 1 is 1.27 bits per heavy atom. The summed E-state index contributed by atoms with van der Waals surface area (Å²) in [4.78, 5) is 21.0. The molecule has 7 nitrogen and oxygen atoms in total. The van der Waals surface area contributed by atoms with Gasteiger partial charge in [-0.1, -0.05) is 35.5 Å². The number of rotatable bonds is 7. The second-order valence-corrected chi connectivity index (χ2v) is 7.02. The van der Waals surface area contributed by atoms with Gasteiger partial charge in [-0.05, 0) is 40.0 Å². The number of benzene rings is 1. The monoisotopic (exact) mass is 357 g/mol. The lowest BCUT2D eigenvalue weighted by Gasteiger charge is -2.30. The van der Waals surface area contributed by atoms with Crippen molar-refractivity contribution in [2.24, 2.45) is 5.92 Å². The van der Waals surface area contributed by atoms with Crippen molar-refractivity contribution < 1.29 is 9.32 Å². The molecular weight excluding hydrogens is 330 g/mol. The molecule has 0 saturated carbocycles. The summed E-state index contributed by atoms with van der Waals surface area (Å²) >= 11 is 0. The van der Waals surface area contributed by atoms with E-state index in [0.717, 1.165) is 38.0 Å². The normalized spacial score (nSPS) is 16.1.